The number of fused-ring (bicyclic) bond motifs is 3. The Bertz CT molecular complexity index is 1100. The third-order valence-electron chi connectivity index (χ3n) is 9.63. The zero-order valence-electron chi connectivity index (χ0n) is 21.0. The van der Waals surface area contributed by atoms with Crippen molar-refractivity contribution in [2.75, 3.05) is 44.2 Å². The van der Waals surface area contributed by atoms with Gasteiger partial charge in [0.1, 0.15) is 5.82 Å². The van der Waals surface area contributed by atoms with Gasteiger partial charge in [0.2, 0.25) is 5.91 Å². The molecular weight excluding hydrogens is 472 g/mol. The molecule has 2 heterocycles. The molecule has 1 aromatic carbocycles. The molecule has 2 aromatic rings. The molecule has 6 atom stereocenters. The van der Waals surface area contributed by atoms with Crippen LogP contribution in [-0.2, 0) is 9.59 Å². The van der Waals surface area contributed by atoms with Gasteiger partial charge < -0.3 is 15.3 Å². The van der Waals surface area contributed by atoms with Crippen LogP contribution in [0.5, 0.6) is 0 Å². The first-order chi connectivity index (χ1) is 17.6. The summed E-state index contributed by atoms with van der Waals surface area (Å²) in [4.78, 5) is 30.0. The number of hydrogen-bond acceptors (Lipinski definition) is 6. The molecule has 4 fully saturated rings. The van der Waals surface area contributed by atoms with Crippen LogP contribution in [0.25, 0.3) is 10.1 Å². The van der Waals surface area contributed by atoms with E-state index < -0.39 is 11.9 Å². The minimum Gasteiger partial charge on any atom is -0.481 e. The number of piperazine rings is 1. The highest BCUT2D eigenvalue weighted by Crippen LogP contribution is 2.52. The standard InChI is InChI=1S/C28H38N4O3S/c33-27(24-18-9-10-19(15-18)25(24)28(34)35)29-16-20-5-1-2-6-21(20)17-31-11-13-32(14-12-31)26-22-7-3-4-8-23(22)36-30-26/h3-4,7-8,18-21,24-25H,1-2,5-6,9-17H2,(H,29,33)(H,34,35)/t18-,19+,20+,21+,24+,25-/m1/s1. The van der Waals surface area contributed by atoms with Crippen LogP contribution in [0.15, 0.2) is 24.3 Å². The van der Waals surface area contributed by atoms with Crippen molar-refractivity contribution < 1.29 is 14.7 Å². The molecule has 2 N–H and O–H groups in total. The Morgan fingerprint density at radius 2 is 1.69 bits per heavy atom. The number of carbonyl (C=O) groups excluding carboxylic acids is 1. The second-order valence-electron chi connectivity index (χ2n) is 11.6. The summed E-state index contributed by atoms with van der Waals surface area (Å²) in [6, 6.07) is 8.50. The van der Waals surface area contributed by atoms with Gasteiger partial charge in [-0.1, -0.05) is 25.0 Å². The fraction of sp³-hybridized carbons (Fsp3) is 0.679. The molecule has 1 aliphatic heterocycles. The largest absolute Gasteiger partial charge is 0.481 e. The first kappa shape index (κ1) is 24.2. The van der Waals surface area contributed by atoms with Crippen LogP contribution in [0.4, 0.5) is 5.82 Å². The maximum absolute atomic E-state index is 13.1. The smallest absolute Gasteiger partial charge is 0.307 e. The Morgan fingerprint density at radius 1 is 0.972 bits per heavy atom. The Hall–Kier alpha value is -2.19. The highest BCUT2D eigenvalue weighted by atomic mass is 32.1. The van der Waals surface area contributed by atoms with Crippen LogP contribution >= 0.6 is 11.5 Å². The van der Waals surface area contributed by atoms with Gasteiger partial charge in [0.05, 0.1) is 16.5 Å². The summed E-state index contributed by atoms with van der Waals surface area (Å²) >= 11 is 1.59. The molecule has 4 aliphatic rings. The fourth-order valence-electron chi connectivity index (χ4n) is 7.74. The van der Waals surface area contributed by atoms with Crippen molar-refractivity contribution in [1.29, 1.82) is 0 Å². The van der Waals surface area contributed by atoms with Gasteiger partial charge in [0, 0.05) is 44.7 Å². The number of anilines is 1. The third-order valence-corrected chi connectivity index (χ3v) is 10.4. The Morgan fingerprint density at radius 3 is 2.47 bits per heavy atom. The SMILES string of the molecule is O=C(O)[C@@H]1[C@H]2CC[C@H](C2)[C@@H]1C(=O)NC[C@@H]1CCCC[C@H]1CN1CCN(c2nsc3ccccc23)CC1. The topological polar surface area (TPSA) is 85.8 Å². The molecule has 1 amide bonds. The molecule has 3 aliphatic carbocycles. The summed E-state index contributed by atoms with van der Waals surface area (Å²) in [5.74, 6) is 1.12. The van der Waals surface area contributed by atoms with Gasteiger partial charge in [-0.05, 0) is 79.4 Å². The minimum atomic E-state index is -0.775. The monoisotopic (exact) mass is 510 g/mol. The Labute approximate surface area is 217 Å². The molecule has 1 aromatic heterocycles. The van der Waals surface area contributed by atoms with E-state index in [4.69, 9.17) is 4.37 Å². The molecule has 8 heteroatoms. The number of benzene rings is 1. The maximum atomic E-state index is 13.1. The summed E-state index contributed by atoms with van der Waals surface area (Å²) < 4.78 is 6.00. The predicted octanol–water partition coefficient (Wildman–Crippen LogP) is 4.09. The van der Waals surface area contributed by atoms with E-state index in [1.54, 1.807) is 11.5 Å². The van der Waals surface area contributed by atoms with Crippen LogP contribution in [0.2, 0.25) is 0 Å². The van der Waals surface area contributed by atoms with Gasteiger partial charge in [0.15, 0.2) is 0 Å². The lowest BCUT2D eigenvalue weighted by molar-refractivity contribution is -0.149. The van der Waals surface area contributed by atoms with Crippen molar-refractivity contribution in [3.63, 3.8) is 0 Å². The molecule has 1 saturated heterocycles. The van der Waals surface area contributed by atoms with E-state index in [1.165, 1.54) is 29.3 Å². The lowest BCUT2D eigenvalue weighted by atomic mass is 9.77. The van der Waals surface area contributed by atoms with Gasteiger partial charge in [-0.3, -0.25) is 14.5 Å². The van der Waals surface area contributed by atoms with Crippen molar-refractivity contribution in [1.82, 2.24) is 14.6 Å². The molecule has 6 rings (SSSR count). The van der Waals surface area contributed by atoms with Crippen molar-refractivity contribution in [3.8, 4) is 0 Å². The average molecular weight is 511 g/mol. The molecule has 36 heavy (non-hydrogen) atoms. The molecule has 0 unspecified atom stereocenters. The van der Waals surface area contributed by atoms with Crippen molar-refractivity contribution in [3.05, 3.63) is 24.3 Å². The van der Waals surface area contributed by atoms with Crippen molar-refractivity contribution in [2.24, 2.45) is 35.5 Å². The Kier molecular flexibility index (Phi) is 6.90. The van der Waals surface area contributed by atoms with E-state index in [0.29, 0.717) is 18.4 Å². The normalized spacial score (nSPS) is 32.7. The van der Waals surface area contributed by atoms with E-state index in [-0.39, 0.29) is 23.7 Å². The van der Waals surface area contributed by atoms with Gasteiger partial charge in [-0.25, -0.2) is 0 Å². The lowest BCUT2D eigenvalue weighted by Crippen LogP contribution is -2.50. The molecule has 194 valence electrons. The maximum Gasteiger partial charge on any atom is 0.307 e. The molecular formula is C28H38N4O3S. The van der Waals surface area contributed by atoms with E-state index in [1.807, 2.05) is 0 Å². The zero-order chi connectivity index (χ0) is 24.6. The van der Waals surface area contributed by atoms with Gasteiger partial charge in [0.25, 0.3) is 0 Å². The number of carbonyl (C=O) groups is 2. The first-order valence-electron chi connectivity index (χ1n) is 13.9. The summed E-state index contributed by atoms with van der Waals surface area (Å²) in [6.07, 6.45) is 7.80. The van der Waals surface area contributed by atoms with E-state index in [0.717, 1.165) is 64.2 Å². The highest BCUT2D eigenvalue weighted by molar-refractivity contribution is 7.13. The second kappa shape index (κ2) is 10.3. The fourth-order valence-corrected chi connectivity index (χ4v) is 8.54. The molecule has 2 bridgehead atoms. The summed E-state index contributed by atoms with van der Waals surface area (Å²) in [7, 11) is 0. The van der Waals surface area contributed by atoms with E-state index in [2.05, 4.69) is 39.4 Å². The second-order valence-corrected chi connectivity index (χ2v) is 12.4. The number of nitrogens with one attached hydrogen (secondary N) is 1. The number of carboxylic acids is 1. The van der Waals surface area contributed by atoms with Gasteiger partial charge in [-0.2, -0.15) is 4.37 Å². The van der Waals surface area contributed by atoms with E-state index in [9.17, 15) is 14.7 Å². The third kappa shape index (κ3) is 4.62. The van der Waals surface area contributed by atoms with Crippen LogP contribution in [0, 0.1) is 35.5 Å². The molecule has 3 saturated carbocycles. The van der Waals surface area contributed by atoms with Crippen molar-refractivity contribution in [2.45, 2.75) is 44.9 Å². The number of rotatable bonds is 7. The van der Waals surface area contributed by atoms with Crippen LogP contribution in [0.1, 0.15) is 44.9 Å². The van der Waals surface area contributed by atoms with Crippen LogP contribution < -0.4 is 10.2 Å². The Balaban J connectivity index is 1.02. The number of aliphatic carboxylic acids is 1. The zero-order valence-corrected chi connectivity index (χ0v) is 21.8. The molecule has 0 radical (unpaired) electrons. The van der Waals surface area contributed by atoms with Crippen molar-refractivity contribution >= 4 is 39.3 Å². The first-order valence-corrected chi connectivity index (χ1v) is 14.7. The predicted molar refractivity (Wildman–Crippen MR) is 142 cm³/mol. The number of carboxylic acid groups (broad SMARTS) is 1. The van der Waals surface area contributed by atoms with Gasteiger partial charge in [-0.15, -0.1) is 0 Å². The quantitative estimate of drug-likeness (QED) is 0.584. The van der Waals surface area contributed by atoms with Crippen LogP contribution in [0.3, 0.4) is 0 Å². The highest BCUT2D eigenvalue weighted by Gasteiger charge is 2.54. The number of nitrogens with zero attached hydrogens (tertiary/aromatic N) is 3. The van der Waals surface area contributed by atoms with Gasteiger partial charge >= 0.3 is 5.97 Å². The average Bonchev–Trinajstić information content (AvgIpc) is 3.63. The minimum absolute atomic E-state index is 0.00280. The van der Waals surface area contributed by atoms with E-state index >= 15 is 0 Å². The number of hydrogen-bond donors (Lipinski definition) is 2. The summed E-state index contributed by atoms with van der Waals surface area (Å²) in [5, 5.41) is 14.2. The lowest BCUT2D eigenvalue weighted by Gasteiger charge is -2.40. The molecule has 0 spiro atoms. The number of aromatic nitrogens is 1. The van der Waals surface area contributed by atoms with Crippen LogP contribution in [-0.4, -0.2) is 65.5 Å². The number of amides is 1. The molecule has 7 nitrogen and oxygen atoms in total. The summed E-state index contributed by atoms with van der Waals surface area (Å²) in [6.45, 7) is 5.90. The summed E-state index contributed by atoms with van der Waals surface area (Å²) in [5.41, 5.74) is 0.